The molecule has 0 aliphatic heterocycles. The fourth-order valence-electron chi connectivity index (χ4n) is 2.67. The number of anilines is 1. The predicted molar refractivity (Wildman–Crippen MR) is 111 cm³/mol. The number of carbonyl (C=O) groups is 1. The van der Waals surface area contributed by atoms with Crippen LogP contribution < -0.4 is 15.4 Å². The normalized spacial score (nSPS) is 10.4. The van der Waals surface area contributed by atoms with E-state index in [4.69, 9.17) is 21.7 Å². The van der Waals surface area contributed by atoms with Crippen LogP contribution in [0.5, 0.6) is 5.75 Å². The molecule has 0 unspecified atom stereocenters. The SMILES string of the molecule is COCCOc1ccccc1C(=O)NC(=S)Nc1cccc2ccccc12. The Morgan fingerprint density at radius 2 is 1.70 bits per heavy atom. The third kappa shape index (κ3) is 4.81. The average molecular weight is 380 g/mol. The zero-order valence-electron chi connectivity index (χ0n) is 14.9. The third-order valence-electron chi connectivity index (χ3n) is 3.94. The molecule has 0 aliphatic rings. The minimum atomic E-state index is -0.333. The van der Waals surface area contributed by atoms with Gasteiger partial charge in [0.25, 0.3) is 5.91 Å². The summed E-state index contributed by atoms with van der Waals surface area (Å²) >= 11 is 5.32. The lowest BCUT2D eigenvalue weighted by atomic mass is 10.1. The van der Waals surface area contributed by atoms with Crippen LogP contribution in [-0.2, 0) is 4.74 Å². The summed E-state index contributed by atoms with van der Waals surface area (Å²) in [6.45, 7) is 0.802. The fraction of sp³-hybridized carbons (Fsp3) is 0.143. The molecule has 3 aromatic carbocycles. The molecule has 6 heteroatoms. The van der Waals surface area contributed by atoms with Crippen molar-refractivity contribution in [2.75, 3.05) is 25.6 Å². The van der Waals surface area contributed by atoms with Crippen LogP contribution in [0.2, 0.25) is 0 Å². The second-order valence-electron chi connectivity index (χ2n) is 5.77. The first kappa shape index (κ1) is 18.8. The van der Waals surface area contributed by atoms with E-state index in [2.05, 4.69) is 10.6 Å². The molecule has 0 fully saturated rings. The first-order chi connectivity index (χ1) is 13.2. The van der Waals surface area contributed by atoms with Crippen LogP contribution in [0.1, 0.15) is 10.4 Å². The molecule has 0 saturated carbocycles. The van der Waals surface area contributed by atoms with Gasteiger partial charge in [0.05, 0.1) is 12.2 Å². The van der Waals surface area contributed by atoms with Gasteiger partial charge in [0.1, 0.15) is 12.4 Å². The van der Waals surface area contributed by atoms with Gasteiger partial charge in [-0.25, -0.2) is 0 Å². The summed E-state index contributed by atoms with van der Waals surface area (Å²) in [4.78, 5) is 12.6. The zero-order valence-corrected chi connectivity index (χ0v) is 15.7. The summed E-state index contributed by atoms with van der Waals surface area (Å²) in [6, 6.07) is 20.9. The van der Waals surface area contributed by atoms with Gasteiger partial charge in [-0.3, -0.25) is 10.1 Å². The standard InChI is InChI=1S/C21H20N2O3S/c1-25-13-14-26-19-12-5-4-10-17(19)20(24)23-21(27)22-18-11-6-8-15-7-2-3-9-16(15)18/h2-12H,13-14H2,1H3,(H2,22,23,24,27). The van der Waals surface area contributed by atoms with Crippen LogP contribution >= 0.6 is 12.2 Å². The van der Waals surface area contributed by atoms with Crippen molar-refractivity contribution in [1.29, 1.82) is 0 Å². The van der Waals surface area contributed by atoms with E-state index in [0.29, 0.717) is 24.5 Å². The zero-order chi connectivity index (χ0) is 19.1. The number of methoxy groups -OCH3 is 1. The smallest absolute Gasteiger partial charge is 0.261 e. The average Bonchev–Trinajstić information content (AvgIpc) is 2.69. The third-order valence-corrected chi connectivity index (χ3v) is 4.15. The molecular formula is C21H20N2O3S. The number of para-hydroxylation sites is 1. The summed E-state index contributed by atoms with van der Waals surface area (Å²) in [7, 11) is 1.60. The van der Waals surface area contributed by atoms with E-state index in [1.165, 1.54) is 0 Å². The van der Waals surface area contributed by atoms with Crippen LogP contribution in [0.4, 0.5) is 5.69 Å². The van der Waals surface area contributed by atoms with Crippen LogP contribution in [0.3, 0.4) is 0 Å². The van der Waals surface area contributed by atoms with Gasteiger partial charge in [-0.2, -0.15) is 0 Å². The monoisotopic (exact) mass is 380 g/mol. The maximum Gasteiger partial charge on any atom is 0.261 e. The van der Waals surface area contributed by atoms with Gasteiger partial charge in [-0.05, 0) is 35.8 Å². The summed E-state index contributed by atoms with van der Waals surface area (Å²) < 4.78 is 10.6. The highest BCUT2D eigenvalue weighted by molar-refractivity contribution is 7.80. The molecule has 2 N–H and O–H groups in total. The first-order valence-corrected chi connectivity index (χ1v) is 8.90. The van der Waals surface area contributed by atoms with Crippen molar-refractivity contribution in [1.82, 2.24) is 5.32 Å². The maximum absolute atomic E-state index is 12.6. The molecule has 0 bridgehead atoms. The van der Waals surface area contributed by atoms with E-state index in [1.54, 1.807) is 25.3 Å². The minimum absolute atomic E-state index is 0.225. The number of ether oxygens (including phenoxy) is 2. The molecule has 5 nitrogen and oxygen atoms in total. The van der Waals surface area contributed by atoms with Crippen molar-refractivity contribution in [3.8, 4) is 5.75 Å². The molecule has 0 saturated heterocycles. The molecule has 0 spiro atoms. The second-order valence-corrected chi connectivity index (χ2v) is 6.18. The number of fused-ring (bicyclic) bond motifs is 1. The largest absolute Gasteiger partial charge is 0.490 e. The second kappa shape index (κ2) is 9.12. The number of amides is 1. The van der Waals surface area contributed by atoms with Crippen molar-refractivity contribution in [3.05, 3.63) is 72.3 Å². The molecule has 3 rings (SSSR count). The summed E-state index contributed by atoms with van der Waals surface area (Å²) in [6.07, 6.45) is 0. The molecule has 3 aromatic rings. The quantitative estimate of drug-likeness (QED) is 0.500. The Balaban J connectivity index is 1.70. The van der Waals surface area contributed by atoms with Crippen molar-refractivity contribution in [2.24, 2.45) is 0 Å². The number of rotatable bonds is 6. The number of nitrogens with one attached hydrogen (secondary N) is 2. The number of hydrogen-bond acceptors (Lipinski definition) is 4. The van der Waals surface area contributed by atoms with Crippen molar-refractivity contribution in [2.45, 2.75) is 0 Å². The van der Waals surface area contributed by atoms with E-state index in [1.807, 2.05) is 48.5 Å². The lowest BCUT2D eigenvalue weighted by Gasteiger charge is -2.14. The van der Waals surface area contributed by atoms with Crippen LogP contribution in [0.15, 0.2) is 66.7 Å². The molecule has 1 amide bonds. The predicted octanol–water partition coefficient (Wildman–Crippen LogP) is 3.99. The van der Waals surface area contributed by atoms with Crippen molar-refractivity contribution >= 4 is 39.7 Å². The Hall–Kier alpha value is -2.96. The van der Waals surface area contributed by atoms with Gasteiger partial charge in [-0.1, -0.05) is 48.5 Å². The Morgan fingerprint density at radius 1 is 0.963 bits per heavy atom. The maximum atomic E-state index is 12.6. The van der Waals surface area contributed by atoms with Gasteiger partial charge >= 0.3 is 0 Å². The van der Waals surface area contributed by atoms with Gasteiger partial charge < -0.3 is 14.8 Å². The lowest BCUT2D eigenvalue weighted by Crippen LogP contribution is -2.34. The summed E-state index contributed by atoms with van der Waals surface area (Å²) in [5.74, 6) is 0.153. The highest BCUT2D eigenvalue weighted by Crippen LogP contribution is 2.23. The molecular weight excluding hydrogens is 360 g/mol. The van der Waals surface area contributed by atoms with Crippen molar-refractivity contribution < 1.29 is 14.3 Å². The molecule has 0 aromatic heterocycles. The summed E-state index contributed by atoms with van der Waals surface area (Å²) in [5.41, 5.74) is 1.25. The molecule has 0 radical (unpaired) electrons. The van der Waals surface area contributed by atoms with Crippen molar-refractivity contribution in [3.63, 3.8) is 0 Å². The van der Waals surface area contributed by atoms with E-state index >= 15 is 0 Å². The van der Waals surface area contributed by atoms with E-state index < -0.39 is 0 Å². The Kier molecular flexibility index (Phi) is 6.35. The molecule has 0 atom stereocenters. The molecule has 138 valence electrons. The van der Waals surface area contributed by atoms with E-state index in [0.717, 1.165) is 16.5 Å². The van der Waals surface area contributed by atoms with Crippen LogP contribution in [-0.4, -0.2) is 31.3 Å². The Bertz CT molecular complexity index is 954. The highest BCUT2D eigenvalue weighted by Gasteiger charge is 2.14. The van der Waals surface area contributed by atoms with E-state index in [9.17, 15) is 4.79 Å². The highest BCUT2D eigenvalue weighted by atomic mass is 32.1. The summed E-state index contributed by atoms with van der Waals surface area (Å²) in [5, 5.41) is 8.15. The fourth-order valence-corrected chi connectivity index (χ4v) is 2.88. The van der Waals surface area contributed by atoms with Gasteiger partial charge in [-0.15, -0.1) is 0 Å². The van der Waals surface area contributed by atoms with Crippen LogP contribution in [0, 0.1) is 0 Å². The Morgan fingerprint density at radius 3 is 2.56 bits per heavy atom. The minimum Gasteiger partial charge on any atom is -0.490 e. The van der Waals surface area contributed by atoms with Crippen LogP contribution in [0.25, 0.3) is 10.8 Å². The first-order valence-electron chi connectivity index (χ1n) is 8.50. The number of benzene rings is 3. The Labute approximate surface area is 163 Å². The molecule has 0 aliphatic carbocycles. The molecule has 27 heavy (non-hydrogen) atoms. The molecule has 0 heterocycles. The number of hydrogen-bond donors (Lipinski definition) is 2. The van der Waals surface area contributed by atoms with E-state index in [-0.39, 0.29) is 11.0 Å². The number of thiocarbonyl (C=S) groups is 1. The topological polar surface area (TPSA) is 59.6 Å². The van der Waals surface area contributed by atoms with Gasteiger partial charge in [0.15, 0.2) is 5.11 Å². The van der Waals surface area contributed by atoms with Gasteiger partial charge in [0.2, 0.25) is 0 Å². The number of carbonyl (C=O) groups excluding carboxylic acids is 1. The van der Waals surface area contributed by atoms with Gasteiger partial charge in [0, 0.05) is 18.2 Å². The lowest BCUT2D eigenvalue weighted by molar-refractivity contribution is 0.0970.